The monoisotopic (exact) mass is 419 g/mol. The lowest BCUT2D eigenvalue weighted by Crippen LogP contribution is -2.29. The lowest BCUT2D eigenvalue weighted by atomic mass is 9.95. The molecule has 0 unspecified atom stereocenters. The van der Waals surface area contributed by atoms with Gasteiger partial charge in [0.15, 0.2) is 6.20 Å². The van der Waals surface area contributed by atoms with Crippen molar-refractivity contribution < 1.29 is 4.57 Å². The summed E-state index contributed by atoms with van der Waals surface area (Å²) in [5.41, 5.74) is 9.51. The van der Waals surface area contributed by atoms with Crippen molar-refractivity contribution in [2.24, 2.45) is 13.0 Å². The van der Waals surface area contributed by atoms with Crippen LogP contribution in [0.5, 0.6) is 0 Å². The molecule has 2 heteroatoms. The predicted molar refractivity (Wildman–Crippen MR) is 137 cm³/mol. The van der Waals surface area contributed by atoms with Crippen LogP contribution in [0, 0.1) is 12.8 Å². The number of fused-ring (bicyclic) bond motifs is 5. The predicted octanol–water partition coefficient (Wildman–Crippen LogP) is 7.44. The zero-order chi connectivity index (χ0) is 22.3. The Labute approximate surface area is 189 Å². The van der Waals surface area contributed by atoms with Crippen molar-refractivity contribution in [3.8, 4) is 0 Å². The minimum atomic E-state index is 0.488. The van der Waals surface area contributed by atoms with Crippen molar-refractivity contribution in [3.63, 3.8) is 0 Å². The van der Waals surface area contributed by atoms with Crippen LogP contribution >= 0.6 is 0 Å². The number of pyridine rings is 2. The zero-order valence-corrected chi connectivity index (χ0v) is 20.0. The van der Waals surface area contributed by atoms with Gasteiger partial charge in [-0.2, -0.15) is 0 Å². The molecule has 0 aliphatic heterocycles. The molecule has 0 saturated heterocycles. The molecule has 3 heterocycles. The number of hydrogen-bond donors (Lipinski definition) is 0. The molecule has 0 atom stereocenters. The van der Waals surface area contributed by atoms with Gasteiger partial charge in [-0.25, -0.2) is 4.57 Å². The third-order valence-corrected chi connectivity index (χ3v) is 7.23. The average Bonchev–Trinajstić information content (AvgIpc) is 3.07. The van der Waals surface area contributed by atoms with E-state index in [1.807, 2.05) is 0 Å². The van der Waals surface area contributed by atoms with Gasteiger partial charge in [0, 0.05) is 16.8 Å². The van der Waals surface area contributed by atoms with E-state index in [2.05, 4.69) is 105 Å². The van der Waals surface area contributed by atoms with Gasteiger partial charge in [0.25, 0.3) is 0 Å². The third-order valence-electron chi connectivity index (χ3n) is 7.23. The molecule has 3 aromatic heterocycles. The van der Waals surface area contributed by atoms with Crippen LogP contribution in [0.4, 0.5) is 0 Å². The van der Waals surface area contributed by atoms with Gasteiger partial charge in [0.2, 0.25) is 5.52 Å². The van der Waals surface area contributed by atoms with Crippen LogP contribution in [0.25, 0.3) is 49.0 Å². The van der Waals surface area contributed by atoms with Crippen molar-refractivity contribution >= 4 is 49.0 Å². The van der Waals surface area contributed by atoms with Crippen molar-refractivity contribution in [1.82, 2.24) is 4.40 Å². The first-order valence-corrected chi connectivity index (χ1v) is 11.9. The Morgan fingerprint density at radius 2 is 1.66 bits per heavy atom. The first-order chi connectivity index (χ1) is 15.3. The maximum Gasteiger partial charge on any atom is 0.224 e. The average molecular weight is 420 g/mol. The molecule has 0 radical (unpaired) electrons. The standard InChI is InChI=1S/C30H31N2/c1-17(2)13-20-8-10-25-24(14-20)23-9-7-19(5)27-29(23)32(25)26-16-22(18(3)4)15-21-11-12-31(6)30(27)28(21)26/h7-12,14-18H,13H2,1-6H3/q+1. The Morgan fingerprint density at radius 3 is 2.41 bits per heavy atom. The van der Waals surface area contributed by atoms with Gasteiger partial charge in [0.05, 0.1) is 27.3 Å². The zero-order valence-electron chi connectivity index (χ0n) is 20.0. The Bertz CT molecular complexity index is 1660. The van der Waals surface area contributed by atoms with E-state index in [9.17, 15) is 0 Å². The molecule has 0 N–H and O–H groups in total. The second-order valence-electron chi connectivity index (χ2n) is 10.4. The molecule has 6 aromatic rings. The molecule has 0 saturated carbocycles. The summed E-state index contributed by atoms with van der Waals surface area (Å²) in [6.45, 7) is 11.4. The molecular formula is C30H31N2+. The van der Waals surface area contributed by atoms with Gasteiger partial charge >= 0.3 is 0 Å². The molecule has 0 aliphatic carbocycles. The minimum absolute atomic E-state index is 0.488. The lowest BCUT2D eigenvalue weighted by molar-refractivity contribution is -0.643. The van der Waals surface area contributed by atoms with E-state index in [-0.39, 0.29) is 0 Å². The van der Waals surface area contributed by atoms with Crippen LogP contribution in [0.1, 0.15) is 50.3 Å². The molecule has 0 aliphatic rings. The van der Waals surface area contributed by atoms with E-state index < -0.39 is 0 Å². The van der Waals surface area contributed by atoms with E-state index in [1.54, 1.807) is 0 Å². The number of aromatic nitrogens is 2. The molecule has 0 amide bonds. The Hall–Kier alpha value is -3.13. The molecule has 2 nitrogen and oxygen atoms in total. The second-order valence-corrected chi connectivity index (χ2v) is 10.4. The van der Waals surface area contributed by atoms with Gasteiger partial charge < -0.3 is 4.40 Å². The van der Waals surface area contributed by atoms with Crippen LogP contribution in [-0.4, -0.2) is 4.40 Å². The smallest absolute Gasteiger partial charge is 0.224 e. The molecule has 32 heavy (non-hydrogen) atoms. The normalized spacial score (nSPS) is 12.8. The maximum atomic E-state index is 2.55. The summed E-state index contributed by atoms with van der Waals surface area (Å²) in [6.07, 6.45) is 3.34. The van der Waals surface area contributed by atoms with E-state index in [4.69, 9.17) is 0 Å². The van der Waals surface area contributed by atoms with E-state index >= 15 is 0 Å². The molecule has 0 bridgehead atoms. The summed E-state index contributed by atoms with van der Waals surface area (Å²) < 4.78 is 4.86. The fourth-order valence-corrected chi connectivity index (χ4v) is 5.72. The fourth-order valence-electron chi connectivity index (χ4n) is 5.72. The van der Waals surface area contributed by atoms with E-state index in [0.717, 1.165) is 6.42 Å². The van der Waals surface area contributed by atoms with E-state index in [0.29, 0.717) is 11.8 Å². The van der Waals surface area contributed by atoms with Crippen molar-refractivity contribution in [2.75, 3.05) is 0 Å². The van der Waals surface area contributed by atoms with Crippen molar-refractivity contribution in [1.29, 1.82) is 0 Å². The van der Waals surface area contributed by atoms with Crippen LogP contribution < -0.4 is 4.57 Å². The number of nitrogens with zero attached hydrogens (tertiary/aromatic N) is 2. The highest BCUT2D eigenvalue weighted by atomic mass is 15.0. The van der Waals surface area contributed by atoms with Gasteiger partial charge in [0.1, 0.15) is 7.05 Å². The first kappa shape index (κ1) is 19.5. The lowest BCUT2D eigenvalue weighted by Gasteiger charge is -2.15. The minimum Gasteiger partial charge on any atom is -0.307 e. The Kier molecular flexibility index (Phi) is 4.08. The summed E-state index contributed by atoms with van der Waals surface area (Å²) in [5, 5.41) is 6.81. The van der Waals surface area contributed by atoms with Gasteiger partial charge in [-0.15, -0.1) is 0 Å². The van der Waals surface area contributed by atoms with Crippen molar-refractivity contribution in [3.05, 3.63) is 71.4 Å². The maximum absolute atomic E-state index is 2.55. The summed E-state index contributed by atoms with van der Waals surface area (Å²) in [4.78, 5) is 0. The molecule has 0 fully saturated rings. The SMILES string of the molecule is Cc1ccc2c3cc(CC(C)C)ccc3n3c4cc(C(C)C)cc5cc[n+](C)c(c1c23)c54. The topological polar surface area (TPSA) is 8.29 Å². The highest BCUT2D eigenvalue weighted by molar-refractivity contribution is 6.25. The van der Waals surface area contributed by atoms with E-state index in [1.165, 1.54) is 65.7 Å². The summed E-state index contributed by atoms with van der Waals surface area (Å²) >= 11 is 0. The Balaban J connectivity index is 1.94. The summed E-state index contributed by atoms with van der Waals surface area (Å²) in [6, 6.07) is 18.9. The van der Waals surface area contributed by atoms with Gasteiger partial charge in [-0.05, 0) is 65.5 Å². The number of rotatable bonds is 3. The highest BCUT2D eigenvalue weighted by Crippen LogP contribution is 2.41. The van der Waals surface area contributed by atoms with Crippen molar-refractivity contribution in [2.45, 2.75) is 47.0 Å². The Morgan fingerprint density at radius 1 is 0.844 bits per heavy atom. The number of aryl methyl sites for hydroxylation is 2. The van der Waals surface area contributed by atoms with Gasteiger partial charge in [-0.1, -0.05) is 52.0 Å². The third kappa shape index (κ3) is 2.56. The molecule has 3 aromatic carbocycles. The summed E-state index contributed by atoms with van der Waals surface area (Å²) in [7, 11) is 2.19. The summed E-state index contributed by atoms with van der Waals surface area (Å²) in [5.74, 6) is 1.14. The number of benzene rings is 3. The quantitative estimate of drug-likeness (QED) is 0.160. The van der Waals surface area contributed by atoms with Crippen LogP contribution in [0.2, 0.25) is 0 Å². The van der Waals surface area contributed by atoms with Crippen LogP contribution in [-0.2, 0) is 13.5 Å². The fraction of sp³-hybridized carbons (Fsp3) is 0.300. The molecule has 0 spiro atoms. The van der Waals surface area contributed by atoms with Crippen LogP contribution in [0.15, 0.2) is 54.7 Å². The first-order valence-electron chi connectivity index (χ1n) is 11.9. The molecule has 6 rings (SSSR count). The second kappa shape index (κ2) is 6.68. The molecule has 160 valence electrons. The largest absolute Gasteiger partial charge is 0.307 e. The van der Waals surface area contributed by atoms with Crippen LogP contribution in [0.3, 0.4) is 0 Å². The van der Waals surface area contributed by atoms with Gasteiger partial charge in [-0.3, -0.25) is 0 Å². The number of hydrogen-bond acceptors (Lipinski definition) is 0. The highest BCUT2D eigenvalue weighted by Gasteiger charge is 2.24. The molecular weight excluding hydrogens is 388 g/mol.